The van der Waals surface area contributed by atoms with Crippen molar-refractivity contribution in [2.24, 2.45) is 11.8 Å². The molecule has 2 atom stereocenters. The van der Waals surface area contributed by atoms with Gasteiger partial charge in [0.25, 0.3) is 0 Å². The second-order valence-corrected chi connectivity index (χ2v) is 4.13. The number of hydrogen-bond donors (Lipinski definition) is 2. The van der Waals surface area contributed by atoms with Gasteiger partial charge in [-0.1, -0.05) is 19.4 Å². The molecule has 1 fully saturated rings. The zero-order chi connectivity index (χ0) is 12.0. The largest absolute Gasteiger partial charge is 0.356 e. The molecular formula is C12H20N2O2. The highest BCUT2D eigenvalue weighted by molar-refractivity contribution is 5.92. The van der Waals surface area contributed by atoms with Gasteiger partial charge in [0.2, 0.25) is 11.8 Å². The van der Waals surface area contributed by atoms with Crippen molar-refractivity contribution in [3.8, 4) is 0 Å². The Kier molecular flexibility index (Phi) is 5.02. The Hall–Kier alpha value is -1.32. The summed E-state index contributed by atoms with van der Waals surface area (Å²) >= 11 is 0. The third-order valence-corrected chi connectivity index (χ3v) is 2.71. The molecule has 1 aliphatic carbocycles. The summed E-state index contributed by atoms with van der Waals surface area (Å²) in [5.41, 5.74) is 0. The zero-order valence-electron chi connectivity index (χ0n) is 9.79. The van der Waals surface area contributed by atoms with Gasteiger partial charge >= 0.3 is 0 Å². The van der Waals surface area contributed by atoms with E-state index >= 15 is 0 Å². The molecule has 0 spiro atoms. The van der Waals surface area contributed by atoms with E-state index in [-0.39, 0.29) is 23.7 Å². The molecule has 1 aliphatic rings. The molecule has 1 rings (SSSR count). The van der Waals surface area contributed by atoms with E-state index in [4.69, 9.17) is 0 Å². The fourth-order valence-electron chi connectivity index (χ4n) is 1.60. The summed E-state index contributed by atoms with van der Waals surface area (Å²) in [4.78, 5) is 23.0. The minimum Gasteiger partial charge on any atom is -0.356 e. The SMILES string of the molecule is C=CCNC(=O)C1CC1C(=O)NCCCC. The van der Waals surface area contributed by atoms with Crippen LogP contribution in [0.25, 0.3) is 0 Å². The van der Waals surface area contributed by atoms with E-state index in [0.29, 0.717) is 19.5 Å². The average Bonchev–Trinajstić information content (AvgIpc) is 3.06. The first-order valence-corrected chi connectivity index (χ1v) is 5.87. The number of rotatable bonds is 7. The molecule has 0 aromatic rings. The van der Waals surface area contributed by atoms with Crippen LogP contribution in [-0.4, -0.2) is 24.9 Å². The second kappa shape index (κ2) is 6.30. The Balaban J connectivity index is 2.19. The molecule has 2 N–H and O–H groups in total. The van der Waals surface area contributed by atoms with Crippen molar-refractivity contribution < 1.29 is 9.59 Å². The molecule has 0 saturated heterocycles. The maximum Gasteiger partial charge on any atom is 0.224 e. The molecule has 16 heavy (non-hydrogen) atoms. The highest BCUT2D eigenvalue weighted by Gasteiger charge is 2.47. The lowest BCUT2D eigenvalue weighted by Gasteiger charge is -2.03. The Bertz CT molecular complexity index is 276. The average molecular weight is 224 g/mol. The quantitative estimate of drug-likeness (QED) is 0.497. The van der Waals surface area contributed by atoms with E-state index in [1.807, 2.05) is 0 Å². The maximum atomic E-state index is 11.6. The van der Waals surface area contributed by atoms with Crippen LogP contribution in [-0.2, 0) is 9.59 Å². The Morgan fingerprint density at radius 1 is 1.31 bits per heavy atom. The van der Waals surface area contributed by atoms with Crippen LogP contribution in [0.15, 0.2) is 12.7 Å². The first-order valence-electron chi connectivity index (χ1n) is 5.87. The maximum absolute atomic E-state index is 11.6. The van der Waals surface area contributed by atoms with Crippen molar-refractivity contribution in [2.75, 3.05) is 13.1 Å². The van der Waals surface area contributed by atoms with Gasteiger partial charge in [0.1, 0.15) is 0 Å². The standard InChI is InChI=1S/C12H20N2O2/c1-3-5-7-14-12(16)10-8-9(10)11(15)13-6-4-2/h4,9-10H,2-3,5-8H2,1H3,(H,13,15)(H,14,16). The smallest absolute Gasteiger partial charge is 0.224 e. The van der Waals surface area contributed by atoms with Crippen LogP contribution in [0.5, 0.6) is 0 Å². The van der Waals surface area contributed by atoms with Crippen molar-refractivity contribution in [1.82, 2.24) is 10.6 Å². The molecule has 0 aromatic carbocycles. The van der Waals surface area contributed by atoms with Gasteiger partial charge in [-0.05, 0) is 12.8 Å². The normalized spacial score (nSPS) is 22.3. The number of carbonyl (C=O) groups is 2. The molecule has 4 nitrogen and oxygen atoms in total. The van der Waals surface area contributed by atoms with Gasteiger partial charge in [0, 0.05) is 13.1 Å². The monoisotopic (exact) mass is 224 g/mol. The van der Waals surface area contributed by atoms with Gasteiger partial charge < -0.3 is 10.6 Å². The van der Waals surface area contributed by atoms with Crippen LogP contribution in [0, 0.1) is 11.8 Å². The lowest BCUT2D eigenvalue weighted by atomic mass is 10.2. The van der Waals surface area contributed by atoms with E-state index in [0.717, 1.165) is 12.8 Å². The zero-order valence-corrected chi connectivity index (χ0v) is 9.79. The lowest BCUT2D eigenvalue weighted by molar-refractivity contribution is -0.127. The Labute approximate surface area is 96.5 Å². The number of unbranched alkanes of at least 4 members (excludes halogenated alkanes) is 1. The van der Waals surface area contributed by atoms with E-state index in [1.54, 1.807) is 6.08 Å². The molecule has 0 radical (unpaired) electrons. The van der Waals surface area contributed by atoms with Gasteiger partial charge in [-0.2, -0.15) is 0 Å². The summed E-state index contributed by atoms with van der Waals surface area (Å²) in [6.45, 7) is 6.79. The molecule has 0 bridgehead atoms. The van der Waals surface area contributed by atoms with Crippen molar-refractivity contribution in [3.63, 3.8) is 0 Å². The van der Waals surface area contributed by atoms with Crippen LogP contribution in [0.4, 0.5) is 0 Å². The van der Waals surface area contributed by atoms with Crippen LogP contribution < -0.4 is 10.6 Å². The summed E-state index contributed by atoms with van der Waals surface area (Å²) < 4.78 is 0. The second-order valence-electron chi connectivity index (χ2n) is 4.13. The Morgan fingerprint density at radius 3 is 2.50 bits per heavy atom. The molecule has 90 valence electrons. The van der Waals surface area contributed by atoms with Gasteiger partial charge in [-0.15, -0.1) is 6.58 Å². The molecule has 1 saturated carbocycles. The third kappa shape index (κ3) is 3.68. The summed E-state index contributed by atoms with van der Waals surface area (Å²) in [6, 6.07) is 0. The van der Waals surface area contributed by atoms with E-state index in [2.05, 4.69) is 24.1 Å². The van der Waals surface area contributed by atoms with Crippen molar-refractivity contribution in [3.05, 3.63) is 12.7 Å². The van der Waals surface area contributed by atoms with Crippen LogP contribution >= 0.6 is 0 Å². The Morgan fingerprint density at radius 2 is 1.94 bits per heavy atom. The number of hydrogen-bond acceptors (Lipinski definition) is 2. The molecule has 4 heteroatoms. The fourth-order valence-corrected chi connectivity index (χ4v) is 1.60. The first kappa shape index (κ1) is 12.7. The van der Waals surface area contributed by atoms with Crippen molar-refractivity contribution >= 4 is 11.8 Å². The summed E-state index contributed by atoms with van der Waals surface area (Å²) in [5.74, 6) is -0.244. The molecule has 2 amide bonds. The number of carbonyl (C=O) groups excluding carboxylic acids is 2. The van der Waals surface area contributed by atoms with Gasteiger partial charge in [-0.3, -0.25) is 9.59 Å². The summed E-state index contributed by atoms with van der Waals surface area (Å²) in [5, 5.41) is 5.56. The number of nitrogens with one attached hydrogen (secondary N) is 2. The van der Waals surface area contributed by atoms with Crippen molar-refractivity contribution in [2.45, 2.75) is 26.2 Å². The van der Waals surface area contributed by atoms with Crippen LogP contribution in [0.3, 0.4) is 0 Å². The molecule has 0 aliphatic heterocycles. The van der Waals surface area contributed by atoms with Crippen molar-refractivity contribution in [1.29, 1.82) is 0 Å². The highest BCUT2D eigenvalue weighted by atomic mass is 16.2. The first-order chi connectivity index (χ1) is 7.70. The topological polar surface area (TPSA) is 58.2 Å². The van der Waals surface area contributed by atoms with Gasteiger partial charge in [0.05, 0.1) is 11.8 Å². The summed E-state index contributed by atoms with van der Waals surface area (Å²) in [7, 11) is 0. The molecular weight excluding hydrogens is 204 g/mol. The van der Waals surface area contributed by atoms with E-state index in [1.165, 1.54) is 0 Å². The van der Waals surface area contributed by atoms with Crippen LogP contribution in [0.2, 0.25) is 0 Å². The molecule has 0 aromatic heterocycles. The predicted molar refractivity (Wildman–Crippen MR) is 62.7 cm³/mol. The molecule has 2 unspecified atom stereocenters. The van der Waals surface area contributed by atoms with Gasteiger partial charge in [-0.25, -0.2) is 0 Å². The van der Waals surface area contributed by atoms with Crippen LogP contribution in [0.1, 0.15) is 26.2 Å². The third-order valence-electron chi connectivity index (χ3n) is 2.71. The van der Waals surface area contributed by atoms with E-state index < -0.39 is 0 Å². The highest BCUT2D eigenvalue weighted by Crippen LogP contribution is 2.38. The molecule has 0 heterocycles. The minimum absolute atomic E-state index is 0.0206. The van der Waals surface area contributed by atoms with Gasteiger partial charge in [0.15, 0.2) is 0 Å². The predicted octanol–water partition coefficient (Wildman–Crippen LogP) is 0.841. The fraction of sp³-hybridized carbons (Fsp3) is 0.667. The lowest BCUT2D eigenvalue weighted by Crippen LogP contribution is -2.30. The summed E-state index contributed by atoms with van der Waals surface area (Å²) in [6.07, 6.45) is 4.37. The number of amides is 2. The minimum atomic E-state index is -0.124. The van der Waals surface area contributed by atoms with E-state index in [9.17, 15) is 9.59 Å².